The van der Waals surface area contributed by atoms with Crippen molar-refractivity contribution in [3.05, 3.63) is 65.2 Å². The van der Waals surface area contributed by atoms with Crippen molar-refractivity contribution in [2.24, 2.45) is 0 Å². The van der Waals surface area contributed by atoms with Crippen LogP contribution in [0.2, 0.25) is 5.02 Å². The second-order valence-corrected chi connectivity index (χ2v) is 8.16. The maximum Gasteiger partial charge on any atom is 0.240 e. The summed E-state index contributed by atoms with van der Waals surface area (Å²) in [6.07, 6.45) is 0. The maximum absolute atomic E-state index is 12.3. The number of nitrogens with zero attached hydrogens (tertiary/aromatic N) is 1. The van der Waals surface area contributed by atoms with E-state index in [0.717, 1.165) is 30.2 Å². The van der Waals surface area contributed by atoms with Gasteiger partial charge >= 0.3 is 0 Å². The molecule has 0 aromatic heterocycles. The molecule has 25 heavy (non-hydrogen) atoms. The number of piperazine rings is 1. The van der Waals surface area contributed by atoms with E-state index in [1.807, 2.05) is 24.3 Å². The van der Waals surface area contributed by atoms with Gasteiger partial charge in [-0.2, -0.15) is 0 Å². The third kappa shape index (κ3) is 4.59. The van der Waals surface area contributed by atoms with E-state index in [-0.39, 0.29) is 10.9 Å². The van der Waals surface area contributed by atoms with Crippen molar-refractivity contribution in [1.82, 2.24) is 14.9 Å². The predicted octanol–water partition coefficient (Wildman–Crippen LogP) is 2.26. The van der Waals surface area contributed by atoms with E-state index in [9.17, 15) is 8.42 Å². The summed E-state index contributed by atoms with van der Waals surface area (Å²) in [4.78, 5) is 2.56. The van der Waals surface area contributed by atoms with Crippen LogP contribution in [0.3, 0.4) is 0 Å². The van der Waals surface area contributed by atoms with Gasteiger partial charge in [0, 0.05) is 43.8 Å². The molecule has 0 saturated carbocycles. The van der Waals surface area contributed by atoms with E-state index in [4.69, 9.17) is 11.6 Å². The van der Waals surface area contributed by atoms with Gasteiger partial charge in [-0.15, -0.1) is 0 Å². The smallest absolute Gasteiger partial charge is 0.240 e. The Labute approximate surface area is 154 Å². The molecular formula is C18H22ClN3O2S. The highest BCUT2D eigenvalue weighted by molar-refractivity contribution is 7.89. The lowest BCUT2D eigenvalue weighted by Gasteiger charge is -2.36. The second kappa shape index (κ2) is 8.29. The summed E-state index contributed by atoms with van der Waals surface area (Å²) >= 11 is 6.34. The molecule has 1 aliphatic rings. The van der Waals surface area contributed by atoms with Crippen LogP contribution >= 0.6 is 11.6 Å². The van der Waals surface area contributed by atoms with E-state index in [0.29, 0.717) is 13.1 Å². The fraction of sp³-hybridized carbons (Fsp3) is 0.333. The van der Waals surface area contributed by atoms with E-state index in [2.05, 4.69) is 14.9 Å². The molecule has 1 atom stereocenters. The summed E-state index contributed by atoms with van der Waals surface area (Å²) in [6, 6.07) is 16.4. The van der Waals surface area contributed by atoms with E-state index >= 15 is 0 Å². The first-order valence-electron chi connectivity index (χ1n) is 8.32. The van der Waals surface area contributed by atoms with Crippen LogP contribution in [0.25, 0.3) is 0 Å². The number of sulfonamides is 1. The molecule has 5 nitrogen and oxygen atoms in total. The van der Waals surface area contributed by atoms with Gasteiger partial charge in [0.25, 0.3) is 0 Å². The Morgan fingerprint density at radius 1 is 1.12 bits per heavy atom. The number of hydrogen-bond donors (Lipinski definition) is 2. The minimum absolute atomic E-state index is 0.142. The Bertz CT molecular complexity index is 799. The molecule has 0 bridgehead atoms. The van der Waals surface area contributed by atoms with Gasteiger partial charge in [-0.3, -0.25) is 4.90 Å². The zero-order valence-corrected chi connectivity index (χ0v) is 15.4. The first-order valence-corrected chi connectivity index (χ1v) is 10.2. The molecule has 0 aliphatic carbocycles. The van der Waals surface area contributed by atoms with Crippen LogP contribution in [-0.2, 0) is 10.0 Å². The lowest BCUT2D eigenvalue weighted by molar-refractivity contribution is 0.165. The molecule has 0 radical (unpaired) electrons. The Morgan fingerprint density at radius 3 is 2.60 bits per heavy atom. The standard InChI is InChI=1S/C18H22ClN3O2S/c19-17-9-5-4-8-16(17)18-14-20-10-12-22(18)13-11-21-25(23,24)15-6-2-1-3-7-15/h1-9,18,20-21H,10-14H2. The van der Waals surface area contributed by atoms with Gasteiger partial charge in [-0.05, 0) is 23.8 Å². The zero-order chi connectivity index (χ0) is 17.7. The van der Waals surface area contributed by atoms with E-state index in [1.54, 1.807) is 30.3 Å². The first kappa shape index (κ1) is 18.4. The van der Waals surface area contributed by atoms with E-state index in [1.165, 1.54) is 0 Å². The normalized spacial score (nSPS) is 19.0. The van der Waals surface area contributed by atoms with Crippen molar-refractivity contribution in [3.63, 3.8) is 0 Å². The van der Waals surface area contributed by atoms with Gasteiger partial charge in [-0.1, -0.05) is 48.0 Å². The van der Waals surface area contributed by atoms with Crippen molar-refractivity contribution in [1.29, 1.82) is 0 Å². The Balaban J connectivity index is 1.64. The van der Waals surface area contributed by atoms with Gasteiger partial charge in [-0.25, -0.2) is 13.1 Å². The van der Waals surface area contributed by atoms with Crippen LogP contribution in [0.5, 0.6) is 0 Å². The molecule has 1 saturated heterocycles. The van der Waals surface area contributed by atoms with Crippen LogP contribution < -0.4 is 10.0 Å². The van der Waals surface area contributed by atoms with Crippen molar-refractivity contribution >= 4 is 21.6 Å². The molecule has 0 amide bonds. The minimum atomic E-state index is -3.47. The number of halogens is 1. The monoisotopic (exact) mass is 379 g/mol. The molecule has 7 heteroatoms. The van der Waals surface area contributed by atoms with Crippen LogP contribution in [0, 0.1) is 0 Å². The fourth-order valence-electron chi connectivity index (χ4n) is 3.07. The Hall–Kier alpha value is -1.44. The second-order valence-electron chi connectivity index (χ2n) is 5.99. The minimum Gasteiger partial charge on any atom is -0.314 e. The van der Waals surface area contributed by atoms with Gasteiger partial charge in [0.2, 0.25) is 10.0 Å². The molecule has 1 unspecified atom stereocenters. The SMILES string of the molecule is O=S(=O)(NCCN1CCNCC1c1ccccc1Cl)c1ccccc1. The van der Waals surface area contributed by atoms with Crippen molar-refractivity contribution < 1.29 is 8.42 Å². The molecule has 2 aromatic rings. The molecule has 1 fully saturated rings. The number of benzene rings is 2. The molecule has 2 N–H and O–H groups in total. The quantitative estimate of drug-likeness (QED) is 0.808. The molecule has 0 spiro atoms. The van der Waals surface area contributed by atoms with Crippen molar-refractivity contribution in [3.8, 4) is 0 Å². The van der Waals surface area contributed by atoms with Crippen LogP contribution in [0.4, 0.5) is 0 Å². The molecule has 2 aromatic carbocycles. The van der Waals surface area contributed by atoms with Crippen molar-refractivity contribution in [2.45, 2.75) is 10.9 Å². The van der Waals surface area contributed by atoms with Gasteiger partial charge in [0.15, 0.2) is 0 Å². The Kier molecular flexibility index (Phi) is 6.09. The van der Waals surface area contributed by atoms with Gasteiger partial charge in [0.1, 0.15) is 0 Å². The lowest BCUT2D eigenvalue weighted by Crippen LogP contribution is -2.48. The van der Waals surface area contributed by atoms with Crippen LogP contribution in [-0.4, -0.2) is 46.0 Å². The topological polar surface area (TPSA) is 61.4 Å². The average molecular weight is 380 g/mol. The third-order valence-electron chi connectivity index (χ3n) is 4.36. The molecule has 3 rings (SSSR count). The highest BCUT2D eigenvalue weighted by Gasteiger charge is 2.25. The van der Waals surface area contributed by atoms with E-state index < -0.39 is 10.0 Å². The maximum atomic E-state index is 12.3. The first-order chi connectivity index (χ1) is 12.1. The zero-order valence-electron chi connectivity index (χ0n) is 13.9. The highest BCUT2D eigenvalue weighted by atomic mass is 35.5. The van der Waals surface area contributed by atoms with Crippen molar-refractivity contribution in [2.75, 3.05) is 32.7 Å². The van der Waals surface area contributed by atoms with Gasteiger partial charge < -0.3 is 5.32 Å². The summed E-state index contributed by atoms with van der Waals surface area (Å²) in [5.41, 5.74) is 1.07. The average Bonchev–Trinajstić information content (AvgIpc) is 2.63. The third-order valence-corrected chi connectivity index (χ3v) is 6.18. The molecule has 1 heterocycles. The fourth-order valence-corrected chi connectivity index (χ4v) is 4.38. The summed E-state index contributed by atoms with van der Waals surface area (Å²) in [6.45, 7) is 3.52. The van der Waals surface area contributed by atoms with Gasteiger partial charge in [0.05, 0.1) is 4.90 Å². The molecule has 134 valence electrons. The number of rotatable bonds is 6. The molecule has 1 aliphatic heterocycles. The summed E-state index contributed by atoms with van der Waals surface area (Å²) in [5.74, 6) is 0. The Morgan fingerprint density at radius 2 is 1.84 bits per heavy atom. The summed E-state index contributed by atoms with van der Waals surface area (Å²) in [7, 11) is -3.47. The van der Waals surface area contributed by atoms with Crippen LogP contribution in [0.15, 0.2) is 59.5 Å². The van der Waals surface area contributed by atoms with Crippen LogP contribution in [0.1, 0.15) is 11.6 Å². The molecular weight excluding hydrogens is 358 g/mol. The number of nitrogens with one attached hydrogen (secondary N) is 2. The predicted molar refractivity (Wildman–Crippen MR) is 100 cm³/mol. The summed E-state index contributed by atoms with van der Waals surface area (Å²) in [5, 5.41) is 4.13. The lowest BCUT2D eigenvalue weighted by atomic mass is 10.0. The number of hydrogen-bond acceptors (Lipinski definition) is 4. The largest absolute Gasteiger partial charge is 0.314 e. The summed E-state index contributed by atoms with van der Waals surface area (Å²) < 4.78 is 27.3. The highest BCUT2D eigenvalue weighted by Crippen LogP contribution is 2.28.